The molecule has 160 valence electrons. The van der Waals surface area contributed by atoms with Crippen LogP contribution in [0.3, 0.4) is 0 Å². The monoisotopic (exact) mass is 424 g/mol. The number of benzene rings is 3. The number of para-hydroxylation sites is 2. The van der Waals surface area contributed by atoms with E-state index in [0.717, 1.165) is 29.6 Å². The first kappa shape index (κ1) is 20.0. The van der Waals surface area contributed by atoms with Crippen molar-refractivity contribution in [3.63, 3.8) is 0 Å². The van der Waals surface area contributed by atoms with E-state index in [1.54, 1.807) is 6.33 Å². The number of carbonyl (C=O) groups excluding carboxylic acids is 2. The molecule has 6 nitrogen and oxygen atoms in total. The van der Waals surface area contributed by atoms with Crippen molar-refractivity contribution in [2.24, 2.45) is 0 Å². The largest absolute Gasteiger partial charge is 0.349 e. The summed E-state index contributed by atoms with van der Waals surface area (Å²) in [5.41, 5.74) is 4.28. The molecule has 0 atom stereocenters. The number of likely N-dealkylation sites (tertiary alicyclic amines) is 1. The fourth-order valence-electron chi connectivity index (χ4n) is 4.20. The van der Waals surface area contributed by atoms with Crippen molar-refractivity contribution in [3.05, 3.63) is 96.3 Å². The van der Waals surface area contributed by atoms with Gasteiger partial charge in [0.1, 0.15) is 6.33 Å². The van der Waals surface area contributed by atoms with Crippen LogP contribution in [0.2, 0.25) is 0 Å². The van der Waals surface area contributed by atoms with Gasteiger partial charge in [-0.1, -0.05) is 30.3 Å². The van der Waals surface area contributed by atoms with Crippen molar-refractivity contribution in [2.45, 2.75) is 18.9 Å². The SMILES string of the molecule is O=C(NC1CCN(C(=O)c2ccc(-n3cnc4ccccc43)cc2)CC1)c1ccccc1. The molecule has 0 aliphatic carbocycles. The van der Waals surface area contributed by atoms with Crippen molar-refractivity contribution >= 4 is 22.8 Å². The highest BCUT2D eigenvalue weighted by atomic mass is 16.2. The summed E-state index contributed by atoms with van der Waals surface area (Å²) in [6, 6.07) is 24.9. The predicted octanol–water partition coefficient (Wildman–Crippen LogP) is 4.06. The van der Waals surface area contributed by atoms with Gasteiger partial charge in [0.15, 0.2) is 0 Å². The molecule has 1 fully saturated rings. The minimum atomic E-state index is -0.0574. The Morgan fingerprint density at radius 1 is 0.812 bits per heavy atom. The molecule has 5 rings (SSSR count). The van der Waals surface area contributed by atoms with Crippen LogP contribution < -0.4 is 5.32 Å². The molecule has 1 aromatic heterocycles. The zero-order valence-corrected chi connectivity index (χ0v) is 17.6. The summed E-state index contributed by atoms with van der Waals surface area (Å²) < 4.78 is 2.02. The zero-order chi connectivity index (χ0) is 21.9. The molecule has 2 amide bonds. The second-order valence-corrected chi connectivity index (χ2v) is 8.06. The Morgan fingerprint density at radius 3 is 2.25 bits per heavy atom. The molecule has 0 saturated carbocycles. The molecule has 1 aliphatic rings. The molecule has 0 spiro atoms. The summed E-state index contributed by atoms with van der Waals surface area (Å²) in [4.78, 5) is 31.6. The molecular weight excluding hydrogens is 400 g/mol. The molecule has 32 heavy (non-hydrogen) atoms. The Hall–Kier alpha value is -3.93. The van der Waals surface area contributed by atoms with E-state index >= 15 is 0 Å². The summed E-state index contributed by atoms with van der Waals surface area (Å²) in [7, 11) is 0. The molecule has 0 unspecified atom stereocenters. The molecule has 0 radical (unpaired) electrons. The van der Waals surface area contributed by atoms with Gasteiger partial charge in [-0.2, -0.15) is 0 Å². The smallest absolute Gasteiger partial charge is 0.253 e. The maximum Gasteiger partial charge on any atom is 0.253 e. The lowest BCUT2D eigenvalue weighted by Gasteiger charge is -2.32. The highest BCUT2D eigenvalue weighted by molar-refractivity contribution is 5.95. The molecule has 4 aromatic rings. The van der Waals surface area contributed by atoms with E-state index in [9.17, 15) is 9.59 Å². The van der Waals surface area contributed by atoms with Gasteiger partial charge in [0.25, 0.3) is 11.8 Å². The third kappa shape index (κ3) is 3.99. The quantitative estimate of drug-likeness (QED) is 0.537. The van der Waals surface area contributed by atoms with Crippen LogP contribution in [0.4, 0.5) is 0 Å². The van der Waals surface area contributed by atoms with Gasteiger partial charge in [-0.3, -0.25) is 14.2 Å². The summed E-state index contributed by atoms with van der Waals surface area (Å²) in [6.07, 6.45) is 3.31. The van der Waals surface area contributed by atoms with Crippen molar-refractivity contribution in [3.8, 4) is 5.69 Å². The van der Waals surface area contributed by atoms with Crippen molar-refractivity contribution < 1.29 is 9.59 Å². The minimum absolute atomic E-state index is 0.0277. The number of amides is 2. The highest BCUT2D eigenvalue weighted by Crippen LogP contribution is 2.20. The van der Waals surface area contributed by atoms with E-state index in [-0.39, 0.29) is 17.9 Å². The summed E-state index contributed by atoms with van der Waals surface area (Å²) in [5.74, 6) is -0.0298. The molecule has 1 aliphatic heterocycles. The van der Waals surface area contributed by atoms with E-state index < -0.39 is 0 Å². The third-order valence-electron chi connectivity index (χ3n) is 6.00. The van der Waals surface area contributed by atoms with Crippen LogP contribution in [-0.2, 0) is 0 Å². The molecule has 1 N–H and O–H groups in total. The Labute approximate surface area is 186 Å². The van der Waals surface area contributed by atoms with Crippen molar-refractivity contribution in [1.82, 2.24) is 19.8 Å². The average Bonchev–Trinajstić information content (AvgIpc) is 3.29. The molecule has 0 bridgehead atoms. The second kappa shape index (κ2) is 8.67. The van der Waals surface area contributed by atoms with Gasteiger partial charge < -0.3 is 10.2 Å². The minimum Gasteiger partial charge on any atom is -0.349 e. The standard InChI is InChI=1S/C26H24N4O2/c31-25(19-6-2-1-3-7-19)28-21-14-16-29(17-15-21)26(32)20-10-12-22(13-11-20)30-18-27-23-8-4-5-9-24(23)30/h1-13,18,21H,14-17H2,(H,28,31). The van der Waals surface area contributed by atoms with Crippen LogP contribution in [0.25, 0.3) is 16.7 Å². The van der Waals surface area contributed by atoms with E-state index in [1.165, 1.54) is 0 Å². The lowest BCUT2D eigenvalue weighted by Crippen LogP contribution is -2.46. The third-order valence-corrected chi connectivity index (χ3v) is 6.00. The maximum absolute atomic E-state index is 13.0. The lowest BCUT2D eigenvalue weighted by molar-refractivity contribution is 0.0698. The van der Waals surface area contributed by atoms with E-state index in [4.69, 9.17) is 0 Å². The van der Waals surface area contributed by atoms with E-state index in [2.05, 4.69) is 10.3 Å². The Kier molecular flexibility index (Phi) is 5.42. The van der Waals surface area contributed by atoms with Crippen molar-refractivity contribution in [2.75, 3.05) is 13.1 Å². The number of carbonyl (C=O) groups is 2. The highest BCUT2D eigenvalue weighted by Gasteiger charge is 2.25. The van der Waals surface area contributed by atoms with Gasteiger partial charge in [0, 0.05) is 35.9 Å². The van der Waals surface area contributed by atoms with Gasteiger partial charge in [0.2, 0.25) is 0 Å². The topological polar surface area (TPSA) is 67.2 Å². The van der Waals surface area contributed by atoms with Crippen LogP contribution >= 0.6 is 0 Å². The maximum atomic E-state index is 13.0. The van der Waals surface area contributed by atoms with Crippen LogP contribution in [0.15, 0.2) is 85.2 Å². The number of hydrogen-bond donors (Lipinski definition) is 1. The molecule has 1 saturated heterocycles. The number of nitrogens with zero attached hydrogens (tertiary/aromatic N) is 3. The zero-order valence-electron chi connectivity index (χ0n) is 17.6. The van der Waals surface area contributed by atoms with Crippen molar-refractivity contribution in [1.29, 1.82) is 0 Å². The Morgan fingerprint density at radius 2 is 1.50 bits per heavy atom. The van der Waals surface area contributed by atoms with Crippen LogP contribution in [0.1, 0.15) is 33.6 Å². The fourth-order valence-corrected chi connectivity index (χ4v) is 4.20. The number of rotatable bonds is 4. The Bertz CT molecular complexity index is 1240. The number of nitrogens with one attached hydrogen (secondary N) is 1. The molecule has 3 aromatic carbocycles. The first-order valence-electron chi connectivity index (χ1n) is 10.9. The van der Waals surface area contributed by atoms with Gasteiger partial charge in [-0.15, -0.1) is 0 Å². The molecule has 2 heterocycles. The Balaban J connectivity index is 1.20. The first-order chi connectivity index (χ1) is 15.7. The second-order valence-electron chi connectivity index (χ2n) is 8.06. The predicted molar refractivity (Wildman–Crippen MR) is 124 cm³/mol. The number of hydrogen-bond acceptors (Lipinski definition) is 3. The lowest BCUT2D eigenvalue weighted by atomic mass is 10.0. The molecular formula is C26H24N4O2. The van der Waals surface area contributed by atoms with Gasteiger partial charge in [0.05, 0.1) is 11.0 Å². The normalized spacial score (nSPS) is 14.4. The first-order valence-corrected chi connectivity index (χ1v) is 10.9. The van der Waals surface area contributed by atoms with Gasteiger partial charge in [-0.25, -0.2) is 4.98 Å². The number of fused-ring (bicyclic) bond motifs is 1. The van der Waals surface area contributed by atoms with Crippen LogP contribution in [0.5, 0.6) is 0 Å². The number of piperidine rings is 1. The number of imidazole rings is 1. The van der Waals surface area contributed by atoms with Crippen LogP contribution in [-0.4, -0.2) is 45.4 Å². The average molecular weight is 425 g/mol. The summed E-state index contributed by atoms with van der Waals surface area (Å²) in [5, 5.41) is 3.09. The van der Waals surface area contributed by atoms with Gasteiger partial charge >= 0.3 is 0 Å². The van der Waals surface area contributed by atoms with E-state index in [1.807, 2.05) is 88.3 Å². The summed E-state index contributed by atoms with van der Waals surface area (Å²) >= 11 is 0. The summed E-state index contributed by atoms with van der Waals surface area (Å²) in [6.45, 7) is 1.26. The van der Waals surface area contributed by atoms with Gasteiger partial charge in [-0.05, 0) is 61.4 Å². The van der Waals surface area contributed by atoms with Crippen LogP contribution in [0, 0.1) is 0 Å². The molecule has 6 heteroatoms. The fraction of sp³-hybridized carbons (Fsp3) is 0.192. The van der Waals surface area contributed by atoms with E-state index in [0.29, 0.717) is 24.2 Å². The number of aromatic nitrogens is 2.